The van der Waals surface area contributed by atoms with Gasteiger partial charge >= 0.3 is 0 Å². The van der Waals surface area contributed by atoms with Crippen LogP contribution in [0.1, 0.15) is 19.3 Å². The molecular weight excluding hydrogens is 128 g/mol. The average Bonchev–Trinajstić information content (AvgIpc) is 1.98. The summed E-state index contributed by atoms with van der Waals surface area (Å²) in [5.74, 6) is 0.186. The van der Waals surface area contributed by atoms with Crippen LogP contribution in [0.15, 0.2) is 24.5 Å². The number of carbonyl (C=O) groups excluding carboxylic acids is 1. The Labute approximate surface area is 60.9 Å². The Morgan fingerprint density at radius 3 is 2.70 bits per heavy atom. The SMILES string of the molecule is C=C/C(O)=C\CCCC=O. The number of aliphatic hydroxyl groups excluding tert-OH is 1. The number of allylic oxidation sites excluding steroid dienone is 2. The van der Waals surface area contributed by atoms with E-state index in [1.165, 1.54) is 6.08 Å². The first-order valence-electron chi connectivity index (χ1n) is 3.26. The van der Waals surface area contributed by atoms with Gasteiger partial charge in [0.15, 0.2) is 0 Å². The highest BCUT2D eigenvalue weighted by molar-refractivity contribution is 5.49. The topological polar surface area (TPSA) is 37.3 Å². The summed E-state index contributed by atoms with van der Waals surface area (Å²) >= 11 is 0. The second kappa shape index (κ2) is 6.08. The lowest BCUT2D eigenvalue weighted by atomic mass is 10.2. The summed E-state index contributed by atoms with van der Waals surface area (Å²) in [6, 6.07) is 0. The molecule has 0 unspecified atom stereocenters. The van der Waals surface area contributed by atoms with Crippen molar-refractivity contribution in [3.05, 3.63) is 24.5 Å². The van der Waals surface area contributed by atoms with Crippen molar-refractivity contribution in [2.24, 2.45) is 0 Å². The maximum absolute atomic E-state index is 9.82. The fourth-order valence-electron chi connectivity index (χ4n) is 0.534. The molecule has 0 bridgehead atoms. The molecule has 0 aromatic rings. The van der Waals surface area contributed by atoms with Gasteiger partial charge in [-0.05, 0) is 25.0 Å². The number of aldehydes is 1. The van der Waals surface area contributed by atoms with E-state index in [4.69, 9.17) is 5.11 Å². The number of aliphatic hydroxyl groups is 1. The van der Waals surface area contributed by atoms with Crippen LogP contribution >= 0.6 is 0 Å². The molecule has 0 fully saturated rings. The Hall–Kier alpha value is -1.05. The van der Waals surface area contributed by atoms with Gasteiger partial charge < -0.3 is 9.90 Å². The van der Waals surface area contributed by atoms with Crippen molar-refractivity contribution in [1.82, 2.24) is 0 Å². The van der Waals surface area contributed by atoms with Crippen molar-refractivity contribution in [2.45, 2.75) is 19.3 Å². The fourth-order valence-corrected chi connectivity index (χ4v) is 0.534. The van der Waals surface area contributed by atoms with Gasteiger partial charge in [-0.15, -0.1) is 0 Å². The van der Waals surface area contributed by atoms with Crippen LogP contribution in [-0.2, 0) is 4.79 Å². The van der Waals surface area contributed by atoms with Gasteiger partial charge in [-0.2, -0.15) is 0 Å². The molecule has 10 heavy (non-hydrogen) atoms. The van der Waals surface area contributed by atoms with E-state index in [0.29, 0.717) is 6.42 Å². The first kappa shape index (κ1) is 8.95. The maximum atomic E-state index is 9.82. The van der Waals surface area contributed by atoms with E-state index < -0.39 is 0 Å². The minimum atomic E-state index is 0.186. The van der Waals surface area contributed by atoms with E-state index in [2.05, 4.69) is 6.58 Å². The Balaban J connectivity index is 3.33. The minimum Gasteiger partial charge on any atom is -0.508 e. The van der Waals surface area contributed by atoms with E-state index in [-0.39, 0.29) is 5.76 Å². The molecule has 0 radical (unpaired) electrons. The lowest BCUT2D eigenvalue weighted by Crippen LogP contribution is -1.76. The lowest BCUT2D eigenvalue weighted by Gasteiger charge is -1.89. The normalized spacial score (nSPS) is 11.0. The van der Waals surface area contributed by atoms with Gasteiger partial charge in [0, 0.05) is 6.42 Å². The smallest absolute Gasteiger partial charge is 0.120 e. The molecule has 0 amide bonds. The van der Waals surface area contributed by atoms with Gasteiger partial charge in [-0.25, -0.2) is 0 Å². The van der Waals surface area contributed by atoms with E-state index in [0.717, 1.165) is 19.1 Å². The van der Waals surface area contributed by atoms with Crippen molar-refractivity contribution < 1.29 is 9.90 Å². The molecule has 0 aliphatic heterocycles. The molecule has 0 aliphatic rings. The van der Waals surface area contributed by atoms with E-state index in [1.54, 1.807) is 6.08 Å². The highest BCUT2D eigenvalue weighted by atomic mass is 16.3. The van der Waals surface area contributed by atoms with Gasteiger partial charge in [0.25, 0.3) is 0 Å². The zero-order valence-corrected chi connectivity index (χ0v) is 5.92. The first-order valence-corrected chi connectivity index (χ1v) is 3.26. The Morgan fingerprint density at radius 1 is 1.50 bits per heavy atom. The number of rotatable bonds is 5. The number of hydrogen-bond acceptors (Lipinski definition) is 2. The summed E-state index contributed by atoms with van der Waals surface area (Å²) in [4.78, 5) is 9.82. The highest BCUT2D eigenvalue weighted by Crippen LogP contribution is 1.97. The second-order valence-electron chi connectivity index (χ2n) is 1.93. The van der Waals surface area contributed by atoms with Gasteiger partial charge in [0.1, 0.15) is 12.0 Å². The molecule has 0 aromatic heterocycles. The molecule has 56 valence electrons. The molecule has 0 heterocycles. The van der Waals surface area contributed by atoms with Crippen LogP contribution in [0.5, 0.6) is 0 Å². The average molecular weight is 140 g/mol. The monoisotopic (exact) mass is 140 g/mol. The van der Waals surface area contributed by atoms with E-state index in [9.17, 15) is 4.79 Å². The molecular formula is C8H12O2. The molecule has 1 N–H and O–H groups in total. The molecule has 0 atom stereocenters. The van der Waals surface area contributed by atoms with Crippen LogP contribution in [0.2, 0.25) is 0 Å². The summed E-state index contributed by atoms with van der Waals surface area (Å²) in [7, 11) is 0. The minimum absolute atomic E-state index is 0.186. The van der Waals surface area contributed by atoms with Gasteiger partial charge in [-0.1, -0.05) is 6.58 Å². The Kier molecular flexibility index (Phi) is 5.44. The largest absolute Gasteiger partial charge is 0.508 e. The number of unbranched alkanes of at least 4 members (excludes halogenated alkanes) is 2. The summed E-state index contributed by atoms with van der Waals surface area (Å²) in [5.41, 5.74) is 0. The molecule has 0 aliphatic carbocycles. The van der Waals surface area contributed by atoms with Crippen LogP contribution in [0.25, 0.3) is 0 Å². The van der Waals surface area contributed by atoms with E-state index in [1.807, 2.05) is 0 Å². The summed E-state index contributed by atoms with van der Waals surface area (Å²) in [5, 5.41) is 8.81. The zero-order valence-electron chi connectivity index (χ0n) is 5.92. The fraction of sp³-hybridized carbons (Fsp3) is 0.375. The van der Waals surface area contributed by atoms with Crippen LogP contribution in [0.3, 0.4) is 0 Å². The van der Waals surface area contributed by atoms with E-state index >= 15 is 0 Å². The Morgan fingerprint density at radius 2 is 2.20 bits per heavy atom. The third-order valence-corrected chi connectivity index (χ3v) is 1.09. The van der Waals surface area contributed by atoms with Crippen molar-refractivity contribution in [1.29, 1.82) is 0 Å². The molecule has 2 heteroatoms. The first-order chi connectivity index (χ1) is 4.81. The van der Waals surface area contributed by atoms with Gasteiger partial charge in [-0.3, -0.25) is 0 Å². The molecule has 0 rings (SSSR count). The summed E-state index contributed by atoms with van der Waals surface area (Å²) < 4.78 is 0. The standard InChI is InChI=1S/C8H12O2/c1-2-8(10)6-4-3-5-7-9/h2,6-7,10H,1,3-5H2/b8-6+. The summed E-state index contributed by atoms with van der Waals surface area (Å²) in [6.45, 7) is 3.37. The van der Waals surface area contributed by atoms with Gasteiger partial charge in [0.2, 0.25) is 0 Å². The van der Waals surface area contributed by atoms with Crippen molar-refractivity contribution >= 4 is 6.29 Å². The molecule has 0 spiro atoms. The number of hydrogen-bond donors (Lipinski definition) is 1. The second-order valence-corrected chi connectivity index (χ2v) is 1.93. The van der Waals surface area contributed by atoms with Gasteiger partial charge in [0.05, 0.1) is 0 Å². The van der Waals surface area contributed by atoms with Crippen LogP contribution < -0.4 is 0 Å². The molecule has 0 saturated carbocycles. The van der Waals surface area contributed by atoms with Crippen LogP contribution in [0, 0.1) is 0 Å². The van der Waals surface area contributed by atoms with Crippen LogP contribution in [0.4, 0.5) is 0 Å². The molecule has 0 aromatic carbocycles. The third-order valence-electron chi connectivity index (χ3n) is 1.09. The zero-order chi connectivity index (χ0) is 7.82. The summed E-state index contributed by atoms with van der Waals surface area (Å²) in [6.07, 6.45) is 5.98. The van der Waals surface area contributed by atoms with Crippen molar-refractivity contribution in [2.75, 3.05) is 0 Å². The third kappa shape index (κ3) is 5.09. The predicted octanol–water partition coefficient (Wildman–Crippen LogP) is 1.98. The van der Waals surface area contributed by atoms with Crippen LogP contribution in [-0.4, -0.2) is 11.4 Å². The predicted molar refractivity (Wildman–Crippen MR) is 40.8 cm³/mol. The Bertz CT molecular complexity index is 136. The number of carbonyl (C=O) groups is 1. The highest BCUT2D eigenvalue weighted by Gasteiger charge is 1.84. The maximum Gasteiger partial charge on any atom is 0.120 e. The molecule has 0 saturated heterocycles. The quantitative estimate of drug-likeness (QED) is 0.274. The van der Waals surface area contributed by atoms with Crippen molar-refractivity contribution in [3.63, 3.8) is 0 Å². The molecule has 2 nitrogen and oxygen atoms in total. The van der Waals surface area contributed by atoms with Crippen molar-refractivity contribution in [3.8, 4) is 0 Å². The lowest BCUT2D eigenvalue weighted by molar-refractivity contribution is -0.107.